The molecule has 1 N–H and O–H groups in total. The smallest absolute Gasteiger partial charge is 0.112 e. The predicted molar refractivity (Wildman–Crippen MR) is 80.4 cm³/mol. The number of aliphatic hydroxyl groups is 1. The monoisotopic (exact) mass is 293 g/mol. The Morgan fingerprint density at radius 2 is 2.00 bits per heavy atom. The molecular weight excluding hydrogens is 274 g/mol. The van der Waals surface area contributed by atoms with Gasteiger partial charge < -0.3 is 5.11 Å². The van der Waals surface area contributed by atoms with Crippen molar-refractivity contribution in [2.24, 2.45) is 0 Å². The van der Waals surface area contributed by atoms with Gasteiger partial charge in [-0.25, -0.2) is 4.68 Å². The molecule has 0 aliphatic rings. The van der Waals surface area contributed by atoms with Crippen LogP contribution in [0.5, 0.6) is 0 Å². The quantitative estimate of drug-likeness (QED) is 0.916. The van der Waals surface area contributed by atoms with E-state index in [1.165, 1.54) is 0 Å². The molecule has 1 aromatic carbocycles. The highest BCUT2D eigenvalue weighted by atomic mass is 35.5. The van der Waals surface area contributed by atoms with Gasteiger partial charge in [-0.3, -0.25) is 0 Å². The second-order valence-electron chi connectivity index (χ2n) is 4.94. The largest absolute Gasteiger partial charge is 0.390 e. The molecular formula is C15H20ClN3O. The molecule has 0 saturated carbocycles. The third-order valence-corrected chi connectivity index (χ3v) is 4.11. The van der Waals surface area contributed by atoms with Crippen molar-refractivity contribution in [1.29, 1.82) is 0 Å². The van der Waals surface area contributed by atoms with E-state index in [0.717, 1.165) is 29.8 Å². The predicted octanol–water partition coefficient (Wildman–Crippen LogP) is 3.63. The topological polar surface area (TPSA) is 50.9 Å². The molecule has 0 spiro atoms. The Kier molecular flexibility index (Phi) is 4.78. The third kappa shape index (κ3) is 2.72. The Labute approximate surface area is 124 Å². The van der Waals surface area contributed by atoms with Gasteiger partial charge in [0.05, 0.1) is 18.0 Å². The normalized spacial score (nSPS) is 11.3. The fourth-order valence-corrected chi connectivity index (χ4v) is 2.60. The van der Waals surface area contributed by atoms with Crippen molar-refractivity contribution in [2.45, 2.75) is 46.1 Å². The fraction of sp³-hybridized carbons (Fsp3) is 0.467. The molecule has 5 heteroatoms. The highest BCUT2D eigenvalue weighted by Gasteiger charge is 2.20. The minimum atomic E-state index is -0.0918. The summed E-state index contributed by atoms with van der Waals surface area (Å²) in [7, 11) is 0. The van der Waals surface area contributed by atoms with Crippen molar-refractivity contribution in [3.05, 3.63) is 40.2 Å². The van der Waals surface area contributed by atoms with Gasteiger partial charge in [-0.1, -0.05) is 36.7 Å². The number of aliphatic hydroxyl groups excluding tert-OH is 1. The van der Waals surface area contributed by atoms with Crippen LogP contribution in [0, 0.1) is 6.92 Å². The number of aromatic nitrogens is 3. The van der Waals surface area contributed by atoms with Crippen LogP contribution in [0.2, 0.25) is 5.02 Å². The van der Waals surface area contributed by atoms with Crippen LogP contribution in [0.1, 0.15) is 49.6 Å². The van der Waals surface area contributed by atoms with Gasteiger partial charge in [0.25, 0.3) is 0 Å². The number of aryl methyl sites for hydroxylation is 1. The molecule has 2 rings (SSSR count). The first-order valence-corrected chi connectivity index (χ1v) is 7.31. The molecule has 20 heavy (non-hydrogen) atoms. The lowest BCUT2D eigenvalue weighted by molar-refractivity contribution is 0.274. The Morgan fingerprint density at radius 3 is 2.55 bits per heavy atom. The Balaban J connectivity index is 2.56. The Morgan fingerprint density at radius 1 is 1.30 bits per heavy atom. The standard InChI is InChI=1S/C15H20ClN3O/c1-4-11(5-2)15-14(9-20)17-18-19(15)12-7-6-10(3)13(16)8-12/h6-8,11,20H,4-5,9H2,1-3H3. The van der Waals surface area contributed by atoms with Crippen molar-refractivity contribution in [3.8, 4) is 5.69 Å². The number of hydrogen-bond donors (Lipinski definition) is 1. The van der Waals surface area contributed by atoms with Crippen LogP contribution in [0.4, 0.5) is 0 Å². The molecule has 0 fully saturated rings. The van der Waals surface area contributed by atoms with Gasteiger partial charge in [-0.15, -0.1) is 5.10 Å². The van der Waals surface area contributed by atoms with E-state index in [1.54, 1.807) is 4.68 Å². The highest BCUT2D eigenvalue weighted by Crippen LogP contribution is 2.28. The summed E-state index contributed by atoms with van der Waals surface area (Å²) in [6.45, 7) is 6.14. The van der Waals surface area contributed by atoms with Crippen LogP contribution in [-0.4, -0.2) is 20.1 Å². The number of rotatable bonds is 5. The zero-order valence-electron chi connectivity index (χ0n) is 12.1. The summed E-state index contributed by atoms with van der Waals surface area (Å²) < 4.78 is 1.80. The maximum absolute atomic E-state index is 9.48. The molecule has 0 amide bonds. The number of hydrogen-bond acceptors (Lipinski definition) is 3. The number of nitrogens with zero attached hydrogens (tertiary/aromatic N) is 3. The van der Waals surface area contributed by atoms with E-state index in [0.29, 0.717) is 16.6 Å². The van der Waals surface area contributed by atoms with Crippen LogP contribution in [0.25, 0.3) is 5.69 Å². The molecule has 0 bridgehead atoms. The molecule has 0 radical (unpaired) electrons. The van der Waals surface area contributed by atoms with E-state index in [2.05, 4.69) is 24.2 Å². The van der Waals surface area contributed by atoms with Crippen LogP contribution in [0.3, 0.4) is 0 Å². The van der Waals surface area contributed by atoms with Crippen molar-refractivity contribution in [3.63, 3.8) is 0 Å². The molecule has 0 aliphatic carbocycles. The van der Waals surface area contributed by atoms with Crippen LogP contribution in [0.15, 0.2) is 18.2 Å². The molecule has 0 atom stereocenters. The maximum Gasteiger partial charge on any atom is 0.112 e. The van der Waals surface area contributed by atoms with Gasteiger partial charge >= 0.3 is 0 Å². The van der Waals surface area contributed by atoms with Crippen molar-refractivity contribution >= 4 is 11.6 Å². The second-order valence-corrected chi connectivity index (χ2v) is 5.35. The summed E-state index contributed by atoms with van der Waals surface area (Å²) in [5.41, 5.74) is 3.55. The SMILES string of the molecule is CCC(CC)c1c(CO)nnn1-c1ccc(C)c(Cl)c1. The van der Waals surface area contributed by atoms with Crippen molar-refractivity contribution < 1.29 is 5.11 Å². The summed E-state index contributed by atoms with van der Waals surface area (Å²) in [6.07, 6.45) is 1.97. The van der Waals surface area contributed by atoms with E-state index in [4.69, 9.17) is 11.6 Å². The first-order valence-electron chi connectivity index (χ1n) is 6.94. The highest BCUT2D eigenvalue weighted by molar-refractivity contribution is 6.31. The second kappa shape index (κ2) is 6.37. The molecule has 1 heterocycles. The average Bonchev–Trinajstić information content (AvgIpc) is 2.87. The van der Waals surface area contributed by atoms with Gasteiger partial charge in [-0.2, -0.15) is 0 Å². The first-order chi connectivity index (χ1) is 9.62. The molecule has 0 unspecified atom stereocenters. The van der Waals surface area contributed by atoms with Gasteiger partial charge in [0.2, 0.25) is 0 Å². The third-order valence-electron chi connectivity index (χ3n) is 3.70. The summed E-state index contributed by atoms with van der Waals surface area (Å²) in [4.78, 5) is 0. The number of benzene rings is 1. The van der Waals surface area contributed by atoms with Crippen molar-refractivity contribution in [1.82, 2.24) is 15.0 Å². The van der Waals surface area contributed by atoms with Gasteiger partial charge in [-0.05, 0) is 37.5 Å². The summed E-state index contributed by atoms with van der Waals surface area (Å²) in [5.74, 6) is 0.326. The summed E-state index contributed by atoms with van der Waals surface area (Å²) >= 11 is 6.19. The van der Waals surface area contributed by atoms with E-state index in [1.807, 2.05) is 25.1 Å². The minimum absolute atomic E-state index is 0.0918. The lowest BCUT2D eigenvalue weighted by atomic mass is 9.97. The van der Waals surface area contributed by atoms with Crippen LogP contribution < -0.4 is 0 Å². The maximum atomic E-state index is 9.48. The van der Waals surface area contributed by atoms with Gasteiger partial charge in [0.1, 0.15) is 5.69 Å². The molecule has 0 aliphatic heterocycles. The molecule has 4 nitrogen and oxygen atoms in total. The zero-order chi connectivity index (χ0) is 14.7. The Bertz CT molecular complexity index is 591. The molecule has 1 aromatic heterocycles. The molecule has 0 saturated heterocycles. The van der Waals surface area contributed by atoms with E-state index in [-0.39, 0.29) is 6.61 Å². The lowest BCUT2D eigenvalue weighted by Crippen LogP contribution is -2.09. The fourth-order valence-electron chi connectivity index (χ4n) is 2.42. The van der Waals surface area contributed by atoms with E-state index < -0.39 is 0 Å². The Hall–Kier alpha value is -1.39. The number of halogens is 1. The van der Waals surface area contributed by atoms with Gasteiger partial charge in [0, 0.05) is 10.9 Å². The molecule has 108 valence electrons. The van der Waals surface area contributed by atoms with Gasteiger partial charge in [0.15, 0.2) is 0 Å². The van der Waals surface area contributed by atoms with E-state index in [9.17, 15) is 5.11 Å². The molecule has 2 aromatic rings. The summed E-state index contributed by atoms with van der Waals surface area (Å²) in [5, 5.41) is 18.5. The minimum Gasteiger partial charge on any atom is -0.390 e. The zero-order valence-corrected chi connectivity index (χ0v) is 12.9. The van der Waals surface area contributed by atoms with Crippen molar-refractivity contribution in [2.75, 3.05) is 0 Å². The van der Waals surface area contributed by atoms with Crippen LogP contribution >= 0.6 is 11.6 Å². The van der Waals surface area contributed by atoms with E-state index >= 15 is 0 Å². The lowest BCUT2D eigenvalue weighted by Gasteiger charge is -2.16. The first kappa shape index (κ1) is 15.0. The van der Waals surface area contributed by atoms with Crippen LogP contribution in [-0.2, 0) is 6.61 Å². The summed E-state index contributed by atoms with van der Waals surface area (Å²) in [6, 6.07) is 5.83. The average molecular weight is 294 g/mol.